The number of nitrogens with one attached hydrogen (secondary N) is 1. The zero-order valence-electron chi connectivity index (χ0n) is 8.53. The van der Waals surface area contributed by atoms with Crippen LogP contribution in [0.25, 0.3) is 0 Å². The van der Waals surface area contributed by atoms with Gasteiger partial charge in [0.1, 0.15) is 5.15 Å². The number of hydrogen-bond donors (Lipinski definition) is 1. The van der Waals surface area contributed by atoms with Gasteiger partial charge in [0, 0.05) is 17.8 Å². The first-order chi connectivity index (χ1) is 7.16. The fourth-order valence-corrected chi connectivity index (χ4v) is 1.72. The minimum Gasteiger partial charge on any atom is -0.349 e. The summed E-state index contributed by atoms with van der Waals surface area (Å²) in [6, 6.07) is 3.50. The molecule has 0 saturated heterocycles. The molecule has 1 saturated carbocycles. The summed E-state index contributed by atoms with van der Waals surface area (Å²) in [5, 5.41) is 3.31. The van der Waals surface area contributed by atoms with Crippen molar-refractivity contribution in [1.29, 1.82) is 0 Å². The van der Waals surface area contributed by atoms with E-state index in [0.717, 1.165) is 0 Å². The topological polar surface area (TPSA) is 42.0 Å². The normalized spacial score (nSPS) is 17.2. The van der Waals surface area contributed by atoms with E-state index >= 15 is 0 Å². The standard InChI is InChI=1S/C11H13ClN2O/c1-7(8-2-3-8)14-11(15)9-4-5-13-10(12)6-9/h4-8H,2-3H2,1H3,(H,14,15)/t7-/m1/s1. The van der Waals surface area contributed by atoms with Crippen LogP contribution in [0.4, 0.5) is 0 Å². The number of nitrogens with zero attached hydrogens (tertiary/aromatic N) is 1. The smallest absolute Gasteiger partial charge is 0.251 e. The third-order valence-corrected chi connectivity index (χ3v) is 2.88. The molecular formula is C11H13ClN2O. The highest BCUT2D eigenvalue weighted by Crippen LogP contribution is 2.32. The summed E-state index contributed by atoms with van der Waals surface area (Å²) in [5.74, 6) is 0.588. The second-order valence-corrected chi connectivity index (χ2v) is 4.35. The Morgan fingerprint density at radius 1 is 1.67 bits per heavy atom. The maximum atomic E-state index is 11.7. The van der Waals surface area contributed by atoms with Crippen LogP contribution in [-0.4, -0.2) is 16.9 Å². The van der Waals surface area contributed by atoms with Gasteiger partial charge in [-0.15, -0.1) is 0 Å². The lowest BCUT2D eigenvalue weighted by Crippen LogP contribution is -2.33. The second kappa shape index (κ2) is 4.19. The summed E-state index contributed by atoms with van der Waals surface area (Å²) in [4.78, 5) is 15.6. The number of amides is 1. The molecule has 0 aromatic carbocycles. The molecule has 4 heteroatoms. The van der Waals surface area contributed by atoms with E-state index < -0.39 is 0 Å². The van der Waals surface area contributed by atoms with Crippen LogP contribution in [0, 0.1) is 5.92 Å². The van der Waals surface area contributed by atoms with Gasteiger partial charge in [0.05, 0.1) is 0 Å². The third kappa shape index (κ3) is 2.69. The first-order valence-corrected chi connectivity index (χ1v) is 5.47. The molecule has 1 heterocycles. The highest BCUT2D eigenvalue weighted by Gasteiger charge is 2.29. The van der Waals surface area contributed by atoms with Gasteiger partial charge in [0.15, 0.2) is 0 Å². The van der Waals surface area contributed by atoms with Crippen molar-refractivity contribution in [3.05, 3.63) is 29.0 Å². The summed E-state index contributed by atoms with van der Waals surface area (Å²) in [6.07, 6.45) is 3.98. The highest BCUT2D eigenvalue weighted by molar-refractivity contribution is 6.29. The number of carbonyl (C=O) groups excluding carboxylic acids is 1. The Hall–Kier alpha value is -1.09. The van der Waals surface area contributed by atoms with Crippen molar-refractivity contribution in [3.63, 3.8) is 0 Å². The zero-order valence-corrected chi connectivity index (χ0v) is 9.29. The Balaban J connectivity index is 2.00. The molecule has 1 fully saturated rings. The van der Waals surface area contributed by atoms with E-state index in [4.69, 9.17) is 11.6 Å². The van der Waals surface area contributed by atoms with Crippen molar-refractivity contribution in [2.75, 3.05) is 0 Å². The molecule has 2 rings (SSSR count). The van der Waals surface area contributed by atoms with E-state index in [1.807, 2.05) is 6.92 Å². The molecule has 3 nitrogen and oxygen atoms in total. The Morgan fingerprint density at radius 3 is 3.00 bits per heavy atom. The molecule has 1 aromatic heterocycles. The third-order valence-electron chi connectivity index (χ3n) is 2.68. The summed E-state index contributed by atoms with van der Waals surface area (Å²) in [5.41, 5.74) is 0.572. The van der Waals surface area contributed by atoms with E-state index in [2.05, 4.69) is 10.3 Å². The van der Waals surface area contributed by atoms with Crippen molar-refractivity contribution in [3.8, 4) is 0 Å². The number of pyridine rings is 1. The maximum absolute atomic E-state index is 11.7. The molecule has 0 spiro atoms. The number of aromatic nitrogens is 1. The van der Waals surface area contributed by atoms with Gasteiger partial charge < -0.3 is 5.32 Å². The van der Waals surface area contributed by atoms with Crippen LogP contribution in [0.3, 0.4) is 0 Å². The molecule has 0 radical (unpaired) electrons. The van der Waals surface area contributed by atoms with Crippen LogP contribution >= 0.6 is 11.6 Å². The number of hydrogen-bond acceptors (Lipinski definition) is 2. The first-order valence-electron chi connectivity index (χ1n) is 5.09. The molecule has 15 heavy (non-hydrogen) atoms. The van der Waals surface area contributed by atoms with E-state index in [1.165, 1.54) is 12.8 Å². The lowest BCUT2D eigenvalue weighted by molar-refractivity contribution is 0.0935. The minimum atomic E-state index is -0.0706. The SMILES string of the molecule is C[C@@H](NC(=O)c1ccnc(Cl)c1)C1CC1. The molecular weight excluding hydrogens is 212 g/mol. The molecule has 1 aliphatic rings. The highest BCUT2D eigenvalue weighted by atomic mass is 35.5. The van der Waals surface area contributed by atoms with E-state index in [-0.39, 0.29) is 11.9 Å². The minimum absolute atomic E-state index is 0.0706. The van der Waals surface area contributed by atoms with E-state index in [9.17, 15) is 4.79 Å². The lowest BCUT2D eigenvalue weighted by Gasteiger charge is -2.12. The Morgan fingerprint density at radius 2 is 2.40 bits per heavy atom. The Bertz CT molecular complexity index is 377. The average Bonchev–Trinajstić information content (AvgIpc) is 3.00. The largest absolute Gasteiger partial charge is 0.349 e. The van der Waals surface area contributed by atoms with Gasteiger partial charge in [-0.25, -0.2) is 4.98 Å². The van der Waals surface area contributed by atoms with Crippen molar-refractivity contribution in [2.24, 2.45) is 5.92 Å². The van der Waals surface area contributed by atoms with Gasteiger partial charge >= 0.3 is 0 Å². The second-order valence-electron chi connectivity index (χ2n) is 3.97. The van der Waals surface area contributed by atoms with Crippen LogP contribution in [0.1, 0.15) is 30.1 Å². The summed E-state index contributed by atoms with van der Waals surface area (Å²) < 4.78 is 0. The number of carbonyl (C=O) groups is 1. The molecule has 1 aliphatic carbocycles. The van der Waals surface area contributed by atoms with Crippen molar-refractivity contribution < 1.29 is 4.79 Å². The van der Waals surface area contributed by atoms with Crippen molar-refractivity contribution in [2.45, 2.75) is 25.8 Å². The van der Waals surface area contributed by atoms with Gasteiger partial charge in [-0.3, -0.25) is 4.79 Å². The average molecular weight is 225 g/mol. The van der Waals surface area contributed by atoms with Gasteiger partial charge in [-0.2, -0.15) is 0 Å². The van der Waals surface area contributed by atoms with Gasteiger partial charge in [0.2, 0.25) is 0 Å². The maximum Gasteiger partial charge on any atom is 0.251 e. The molecule has 1 amide bonds. The number of halogens is 1. The van der Waals surface area contributed by atoms with Crippen LogP contribution in [0.5, 0.6) is 0 Å². The molecule has 1 N–H and O–H groups in total. The summed E-state index contributed by atoms with van der Waals surface area (Å²) >= 11 is 5.71. The number of rotatable bonds is 3. The predicted molar refractivity (Wildman–Crippen MR) is 58.9 cm³/mol. The van der Waals surface area contributed by atoms with E-state index in [1.54, 1.807) is 18.3 Å². The molecule has 1 atom stereocenters. The lowest BCUT2D eigenvalue weighted by atomic mass is 10.2. The van der Waals surface area contributed by atoms with Crippen LogP contribution in [-0.2, 0) is 0 Å². The van der Waals surface area contributed by atoms with Crippen LogP contribution in [0.2, 0.25) is 5.15 Å². The van der Waals surface area contributed by atoms with Crippen LogP contribution in [0.15, 0.2) is 18.3 Å². The van der Waals surface area contributed by atoms with Crippen LogP contribution < -0.4 is 5.32 Å². The fourth-order valence-electron chi connectivity index (χ4n) is 1.55. The molecule has 0 unspecified atom stereocenters. The Kier molecular flexibility index (Phi) is 2.91. The fraction of sp³-hybridized carbons (Fsp3) is 0.455. The van der Waals surface area contributed by atoms with Crippen molar-refractivity contribution >= 4 is 17.5 Å². The summed E-state index contributed by atoms with van der Waals surface area (Å²) in [6.45, 7) is 2.04. The van der Waals surface area contributed by atoms with E-state index in [0.29, 0.717) is 16.6 Å². The van der Waals surface area contributed by atoms with Crippen molar-refractivity contribution in [1.82, 2.24) is 10.3 Å². The van der Waals surface area contributed by atoms with Gasteiger partial charge in [0.25, 0.3) is 5.91 Å². The zero-order chi connectivity index (χ0) is 10.8. The monoisotopic (exact) mass is 224 g/mol. The molecule has 0 bridgehead atoms. The predicted octanol–water partition coefficient (Wildman–Crippen LogP) is 2.26. The molecule has 80 valence electrons. The summed E-state index contributed by atoms with van der Waals surface area (Å²) in [7, 11) is 0. The molecule has 1 aromatic rings. The van der Waals surface area contributed by atoms with Gasteiger partial charge in [-0.1, -0.05) is 11.6 Å². The quantitative estimate of drug-likeness (QED) is 0.801. The Labute approximate surface area is 93.8 Å². The first kappa shape index (κ1) is 10.4. The molecule has 0 aliphatic heterocycles. The van der Waals surface area contributed by atoms with Gasteiger partial charge in [-0.05, 0) is 37.8 Å².